The van der Waals surface area contributed by atoms with Crippen molar-refractivity contribution in [2.75, 3.05) is 6.54 Å². The van der Waals surface area contributed by atoms with E-state index < -0.39 is 10.0 Å². The van der Waals surface area contributed by atoms with Gasteiger partial charge in [0.05, 0.1) is 20.3 Å². The second-order valence-electron chi connectivity index (χ2n) is 4.28. The molecule has 0 amide bonds. The van der Waals surface area contributed by atoms with Gasteiger partial charge in [-0.3, -0.25) is 0 Å². The monoisotopic (exact) mass is 384 g/mol. The van der Waals surface area contributed by atoms with Gasteiger partial charge in [-0.1, -0.05) is 13.0 Å². The lowest BCUT2D eigenvalue weighted by molar-refractivity contribution is 0.426. The van der Waals surface area contributed by atoms with Crippen LogP contribution in [0.1, 0.15) is 17.4 Å². The van der Waals surface area contributed by atoms with E-state index in [0.717, 1.165) is 8.66 Å². The normalized spacial score (nSPS) is 11.5. The summed E-state index contributed by atoms with van der Waals surface area (Å²) in [4.78, 5) is 1.11. The molecule has 2 rings (SSSR count). The number of rotatable bonds is 5. The maximum Gasteiger partial charge on any atom is 0.243 e. The zero-order valence-corrected chi connectivity index (χ0v) is 14.5. The summed E-state index contributed by atoms with van der Waals surface area (Å²) in [5.41, 5.74) is 0.339. The summed E-state index contributed by atoms with van der Waals surface area (Å²) in [6.07, 6.45) is 0. The average molecular weight is 385 g/mol. The van der Waals surface area contributed by atoms with Gasteiger partial charge in [0.2, 0.25) is 10.0 Å². The summed E-state index contributed by atoms with van der Waals surface area (Å²) in [5, 5.41) is 8.90. The third kappa shape index (κ3) is 3.71. The van der Waals surface area contributed by atoms with Crippen molar-refractivity contribution >= 4 is 37.3 Å². The Morgan fingerprint density at radius 1 is 1.33 bits per heavy atom. The first-order valence-corrected chi connectivity index (χ1v) is 9.27. The molecule has 0 spiro atoms. The predicted molar refractivity (Wildman–Crippen MR) is 86.4 cm³/mol. The third-order valence-corrected chi connectivity index (χ3v) is 6.44. The fraction of sp³-hybridized carbons (Fsp3) is 0.214. The molecule has 0 fully saturated rings. The lowest BCUT2D eigenvalue weighted by atomic mass is 10.2. The minimum atomic E-state index is -3.60. The highest BCUT2D eigenvalue weighted by atomic mass is 79.9. The van der Waals surface area contributed by atoms with Gasteiger partial charge in [0.15, 0.2) is 0 Å². The van der Waals surface area contributed by atoms with Crippen LogP contribution in [0.2, 0.25) is 0 Å². The number of sulfonamides is 1. The van der Waals surface area contributed by atoms with Crippen LogP contribution in [0.25, 0.3) is 0 Å². The van der Waals surface area contributed by atoms with Gasteiger partial charge in [0, 0.05) is 18.0 Å². The van der Waals surface area contributed by atoms with Gasteiger partial charge in [0.25, 0.3) is 0 Å². The molecule has 0 bridgehead atoms. The van der Waals surface area contributed by atoms with Crippen LogP contribution < -0.4 is 0 Å². The molecule has 110 valence electrons. The molecule has 4 nitrogen and oxygen atoms in total. The number of halogens is 1. The Morgan fingerprint density at radius 3 is 2.67 bits per heavy atom. The Balaban J connectivity index is 2.33. The molecule has 0 aliphatic carbocycles. The van der Waals surface area contributed by atoms with Gasteiger partial charge in [-0.15, -0.1) is 11.3 Å². The lowest BCUT2D eigenvalue weighted by Crippen LogP contribution is -2.30. The van der Waals surface area contributed by atoms with E-state index in [1.54, 1.807) is 19.1 Å². The number of benzene rings is 1. The number of hydrogen-bond donors (Lipinski definition) is 0. The Hall–Kier alpha value is -1.20. The topological polar surface area (TPSA) is 61.2 Å². The van der Waals surface area contributed by atoms with Crippen LogP contribution >= 0.6 is 27.3 Å². The molecule has 1 aromatic carbocycles. The molecule has 0 N–H and O–H groups in total. The van der Waals surface area contributed by atoms with E-state index in [1.165, 1.54) is 27.8 Å². The van der Waals surface area contributed by atoms with E-state index in [2.05, 4.69) is 15.9 Å². The Kier molecular flexibility index (Phi) is 5.17. The maximum absolute atomic E-state index is 12.7. The van der Waals surface area contributed by atoms with Crippen molar-refractivity contribution in [2.45, 2.75) is 18.4 Å². The van der Waals surface area contributed by atoms with E-state index in [0.29, 0.717) is 18.7 Å². The minimum absolute atomic E-state index is 0.152. The molecule has 7 heteroatoms. The van der Waals surface area contributed by atoms with Crippen molar-refractivity contribution in [3.63, 3.8) is 0 Å². The largest absolute Gasteiger partial charge is 0.243 e. The minimum Gasteiger partial charge on any atom is -0.207 e. The van der Waals surface area contributed by atoms with Crippen LogP contribution in [-0.2, 0) is 16.6 Å². The molecule has 0 unspecified atom stereocenters. The highest BCUT2D eigenvalue weighted by molar-refractivity contribution is 9.11. The molecule has 0 atom stereocenters. The summed E-state index contributed by atoms with van der Waals surface area (Å²) in [7, 11) is -3.60. The highest BCUT2D eigenvalue weighted by Gasteiger charge is 2.24. The summed E-state index contributed by atoms with van der Waals surface area (Å²) in [5.74, 6) is 0. The van der Waals surface area contributed by atoms with Crippen LogP contribution in [0.4, 0.5) is 0 Å². The van der Waals surface area contributed by atoms with Crippen molar-refractivity contribution in [3.05, 3.63) is 50.6 Å². The van der Waals surface area contributed by atoms with Gasteiger partial charge in [-0.2, -0.15) is 9.57 Å². The Bertz CT molecular complexity index is 778. The van der Waals surface area contributed by atoms with Crippen LogP contribution in [0.15, 0.2) is 45.1 Å². The van der Waals surface area contributed by atoms with E-state index in [9.17, 15) is 8.42 Å². The molecular weight excluding hydrogens is 372 g/mol. The quantitative estimate of drug-likeness (QED) is 0.790. The van der Waals surface area contributed by atoms with Crippen LogP contribution in [0.3, 0.4) is 0 Å². The van der Waals surface area contributed by atoms with Crippen molar-refractivity contribution in [1.82, 2.24) is 4.31 Å². The number of hydrogen-bond acceptors (Lipinski definition) is 4. The van der Waals surface area contributed by atoms with Crippen molar-refractivity contribution in [1.29, 1.82) is 5.26 Å². The van der Waals surface area contributed by atoms with E-state index in [4.69, 9.17) is 5.26 Å². The van der Waals surface area contributed by atoms with E-state index in [1.807, 2.05) is 18.2 Å². The molecule has 0 radical (unpaired) electrons. The van der Waals surface area contributed by atoms with Crippen LogP contribution in [-0.4, -0.2) is 19.3 Å². The van der Waals surface area contributed by atoms with Gasteiger partial charge < -0.3 is 0 Å². The SMILES string of the molecule is CCN(Cc1ccc(Br)s1)S(=O)(=O)c1cccc(C#N)c1. The summed E-state index contributed by atoms with van der Waals surface area (Å²) in [6, 6.07) is 11.9. The molecule has 1 heterocycles. The summed E-state index contributed by atoms with van der Waals surface area (Å²) >= 11 is 4.88. The van der Waals surface area contributed by atoms with Crippen molar-refractivity contribution in [2.24, 2.45) is 0 Å². The molecule has 0 saturated carbocycles. The second kappa shape index (κ2) is 6.71. The first-order chi connectivity index (χ1) is 9.97. The maximum atomic E-state index is 12.7. The zero-order valence-electron chi connectivity index (χ0n) is 11.3. The number of nitrogens with zero attached hydrogens (tertiary/aromatic N) is 2. The van der Waals surface area contributed by atoms with Crippen molar-refractivity contribution in [3.8, 4) is 6.07 Å². The molecule has 0 saturated heterocycles. The number of thiophene rings is 1. The molecule has 1 aromatic heterocycles. The van der Waals surface area contributed by atoms with E-state index in [-0.39, 0.29) is 4.90 Å². The van der Waals surface area contributed by atoms with E-state index >= 15 is 0 Å². The molecule has 0 aliphatic rings. The summed E-state index contributed by atoms with van der Waals surface area (Å²) < 4.78 is 27.7. The fourth-order valence-corrected chi connectivity index (χ4v) is 4.91. The first kappa shape index (κ1) is 16.2. The van der Waals surface area contributed by atoms with Gasteiger partial charge >= 0.3 is 0 Å². The molecule has 21 heavy (non-hydrogen) atoms. The standard InChI is InChI=1S/C14H13BrN2O2S2/c1-2-17(10-12-6-7-14(15)20-12)21(18,19)13-5-3-4-11(8-13)9-16/h3-8H,2,10H2,1H3. The van der Waals surface area contributed by atoms with Gasteiger partial charge in [-0.25, -0.2) is 8.42 Å². The second-order valence-corrected chi connectivity index (χ2v) is 8.76. The fourth-order valence-electron chi connectivity index (χ4n) is 1.85. The predicted octanol–water partition coefficient (Wildman–Crippen LogP) is 3.59. The van der Waals surface area contributed by atoms with Crippen LogP contribution in [0.5, 0.6) is 0 Å². The number of nitriles is 1. The average Bonchev–Trinajstić information content (AvgIpc) is 2.90. The Labute approximate surface area is 136 Å². The van der Waals surface area contributed by atoms with Gasteiger partial charge in [-0.05, 0) is 46.3 Å². The molecule has 0 aliphatic heterocycles. The lowest BCUT2D eigenvalue weighted by Gasteiger charge is -2.19. The molecule has 2 aromatic rings. The highest BCUT2D eigenvalue weighted by Crippen LogP contribution is 2.25. The third-order valence-electron chi connectivity index (χ3n) is 2.91. The van der Waals surface area contributed by atoms with Crippen LogP contribution in [0, 0.1) is 11.3 Å². The smallest absolute Gasteiger partial charge is 0.207 e. The van der Waals surface area contributed by atoms with Gasteiger partial charge in [0.1, 0.15) is 0 Å². The molecular formula is C14H13BrN2O2S2. The summed E-state index contributed by atoms with van der Waals surface area (Å²) in [6.45, 7) is 2.49. The van der Waals surface area contributed by atoms with Crippen molar-refractivity contribution < 1.29 is 8.42 Å². The zero-order chi connectivity index (χ0) is 15.5. The first-order valence-electron chi connectivity index (χ1n) is 6.22. The Morgan fingerprint density at radius 2 is 2.10 bits per heavy atom.